The van der Waals surface area contributed by atoms with Crippen LogP contribution in [0, 0.1) is 5.82 Å². The maximum Gasteiger partial charge on any atom is 0.165 e. The van der Waals surface area contributed by atoms with E-state index in [1.54, 1.807) is 6.07 Å². The van der Waals surface area contributed by atoms with Crippen LogP contribution in [0.2, 0.25) is 0 Å². The molecule has 0 aliphatic heterocycles. The normalized spacial score (nSPS) is 12.5. The van der Waals surface area contributed by atoms with E-state index in [-0.39, 0.29) is 11.9 Å². The molecule has 1 unspecified atom stereocenters. The van der Waals surface area contributed by atoms with Crippen LogP contribution in [-0.2, 0) is 0 Å². The molecule has 1 N–H and O–H groups in total. The molecule has 0 amide bonds. The molecule has 1 atom stereocenters. The monoisotopic (exact) mass is 225 g/mol. The van der Waals surface area contributed by atoms with Crippen molar-refractivity contribution >= 4 is 0 Å². The van der Waals surface area contributed by atoms with Crippen LogP contribution in [0.15, 0.2) is 18.2 Å². The van der Waals surface area contributed by atoms with Crippen molar-refractivity contribution in [2.75, 3.05) is 13.7 Å². The van der Waals surface area contributed by atoms with Gasteiger partial charge in [-0.15, -0.1) is 0 Å². The summed E-state index contributed by atoms with van der Waals surface area (Å²) in [6.45, 7) is 5.15. The summed E-state index contributed by atoms with van der Waals surface area (Å²) in [5.41, 5.74) is 0.953. The molecule has 0 saturated carbocycles. The lowest BCUT2D eigenvalue weighted by molar-refractivity contribution is 0.385. The van der Waals surface area contributed by atoms with Gasteiger partial charge in [-0.1, -0.05) is 19.4 Å². The van der Waals surface area contributed by atoms with E-state index in [0.717, 1.165) is 24.9 Å². The van der Waals surface area contributed by atoms with E-state index in [2.05, 4.69) is 12.2 Å². The minimum Gasteiger partial charge on any atom is -0.494 e. The highest BCUT2D eigenvalue weighted by Crippen LogP contribution is 2.21. The van der Waals surface area contributed by atoms with Crippen LogP contribution >= 0.6 is 0 Å². The third-order valence-corrected chi connectivity index (χ3v) is 2.66. The van der Waals surface area contributed by atoms with Crippen molar-refractivity contribution in [2.45, 2.75) is 32.7 Å². The smallest absolute Gasteiger partial charge is 0.165 e. The molecule has 0 spiro atoms. The number of benzene rings is 1. The van der Waals surface area contributed by atoms with Crippen molar-refractivity contribution in [2.24, 2.45) is 0 Å². The van der Waals surface area contributed by atoms with Crippen molar-refractivity contribution in [3.63, 3.8) is 0 Å². The molecular formula is C13H20FNO. The van der Waals surface area contributed by atoms with E-state index >= 15 is 0 Å². The van der Waals surface area contributed by atoms with Crippen LogP contribution in [-0.4, -0.2) is 13.7 Å². The first kappa shape index (κ1) is 13.0. The first-order valence-electron chi connectivity index (χ1n) is 5.75. The summed E-state index contributed by atoms with van der Waals surface area (Å²) in [5, 5.41) is 3.36. The molecule has 2 nitrogen and oxygen atoms in total. The number of unbranched alkanes of at least 4 members (excludes halogenated alkanes) is 1. The SMILES string of the molecule is CCCCNC(C)c1ccc(OC)c(F)c1. The first-order valence-corrected chi connectivity index (χ1v) is 5.75. The molecule has 0 heterocycles. The summed E-state index contributed by atoms with van der Waals surface area (Å²) in [5.74, 6) is -0.00588. The molecule has 3 heteroatoms. The van der Waals surface area contributed by atoms with Gasteiger partial charge >= 0.3 is 0 Å². The molecule has 0 fully saturated rings. The minimum atomic E-state index is -0.302. The highest BCUT2D eigenvalue weighted by Gasteiger charge is 2.08. The van der Waals surface area contributed by atoms with Crippen LogP contribution in [0.3, 0.4) is 0 Å². The molecule has 0 saturated heterocycles. The number of ether oxygens (including phenoxy) is 1. The fourth-order valence-electron chi connectivity index (χ4n) is 1.57. The molecule has 0 aliphatic carbocycles. The highest BCUT2D eigenvalue weighted by molar-refractivity contribution is 5.30. The molecule has 0 radical (unpaired) electrons. The van der Waals surface area contributed by atoms with E-state index in [1.807, 2.05) is 13.0 Å². The molecule has 0 aliphatic rings. The van der Waals surface area contributed by atoms with Gasteiger partial charge in [0.05, 0.1) is 7.11 Å². The average molecular weight is 225 g/mol. The Morgan fingerprint density at radius 1 is 1.44 bits per heavy atom. The van der Waals surface area contributed by atoms with Crippen molar-refractivity contribution in [1.29, 1.82) is 0 Å². The molecule has 90 valence electrons. The number of hydrogen-bond donors (Lipinski definition) is 1. The predicted molar refractivity (Wildman–Crippen MR) is 64.3 cm³/mol. The topological polar surface area (TPSA) is 21.3 Å². The Labute approximate surface area is 96.8 Å². The number of halogens is 1. The Morgan fingerprint density at radius 2 is 2.19 bits per heavy atom. The summed E-state index contributed by atoms with van der Waals surface area (Å²) < 4.78 is 18.3. The lowest BCUT2D eigenvalue weighted by Crippen LogP contribution is -2.19. The van der Waals surface area contributed by atoms with Gasteiger partial charge < -0.3 is 10.1 Å². The molecule has 0 bridgehead atoms. The van der Waals surface area contributed by atoms with Gasteiger partial charge in [0, 0.05) is 6.04 Å². The van der Waals surface area contributed by atoms with Gasteiger partial charge in [-0.25, -0.2) is 4.39 Å². The van der Waals surface area contributed by atoms with Gasteiger partial charge in [-0.05, 0) is 37.6 Å². The first-order chi connectivity index (χ1) is 7.69. The summed E-state index contributed by atoms with van der Waals surface area (Å²) in [4.78, 5) is 0. The van der Waals surface area contributed by atoms with Crippen molar-refractivity contribution in [3.8, 4) is 5.75 Å². The lowest BCUT2D eigenvalue weighted by Gasteiger charge is -2.14. The summed E-state index contributed by atoms with van der Waals surface area (Å²) in [6, 6.07) is 5.27. The molecule has 1 rings (SSSR count). The lowest BCUT2D eigenvalue weighted by atomic mass is 10.1. The maximum absolute atomic E-state index is 13.4. The minimum absolute atomic E-state index is 0.173. The van der Waals surface area contributed by atoms with E-state index in [9.17, 15) is 4.39 Å². The van der Waals surface area contributed by atoms with E-state index in [4.69, 9.17) is 4.74 Å². The number of methoxy groups -OCH3 is 1. The van der Waals surface area contributed by atoms with Gasteiger partial charge in [0.2, 0.25) is 0 Å². The second kappa shape index (κ2) is 6.48. The Hall–Kier alpha value is -1.09. The van der Waals surface area contributed by atoms with Crippen molar-refractivity contribution in [3.05, 3.63) is 29.6 Å². The number of nitrogens with one attached hydrogen (secondary N) is 1. The van der Waals surface area contributed by atoms with Gasteiger partial charge in [0.15, 0.2) is 11.6 Å². The Balaban J connectivity index is 2.62. The van der Waals surface area contributed by atoms with Crippen molar-refractivity contribution < 1.29 is 9.13 Å². The van der Waals surface area contributed by atoms with E-state index in [0.29, 0.717) is 5.75 Å². The second-order valence-electron chi connectivity index (χ2n) is 3.92. The Kier molecular flexibility index (Phi) is 5.26. The molecule has 0 aromatic heterocycles. The quantitative estimate of drug-likeness (QED) is 0.750. The third kappa shape index (κ3) is 3.49. The Bertz CT molecular complexity index is 328. The van der Waals surface area contributed by atoms with Crippen LogP contribution in [0.25, 0.3) is 0 Å². The van der Waals surface area contributed by atoms with Crippen LogP contribution < -0.4 is 10.1 Å². The highest BCUT2D eigenvalue weighted by atomic mass is 19.1. The van der Waals surface area contributed by atoms with Gasteiger partial charge in [-0.2, -0.15) is 0 Å². The zero-order valence-corrected chi connectivity index (χ0v) is 10.2. The van der Waals surface area contributed by atoms with Crippen LogP contribution in [0.1, 0.15) is 38.3 Å². The molecule has 1 aromatic carbocycles. The standard InChI is InChI=1S/C13H20FNO/c1-4-5-8-15-10(2)11-6-7-13(16-3)12(14)9-11/h6-7,9-10,15H,4-5,8H2,1-3H3. The third-order valence-electron chi connectivity index (χ3n) is 2.66. The van der Waals surface area contributed by atoms with Gasteiger partial charge in [0.25, 0.3) is 0 Å². The van der Waals surface area contributed by atoms with Crippen LogP contribution in [0.5, 0.6) is 5.75 Å². The largest absolute Gasteiger partial charge is 0.494 e. The zero-order valence-electron chi connectivity index (χ0n) is 10.2. The Morgan fingerprint density at radius 3 is 2.75 bits per heavy atom. The summed E-state index contributed by atoms with van der Waals surface area (Å²) in [7, 11) is 1.47. The fraction of sp³-hybridized carbons (Fsp3) is 0.538. The van der Waals surface area contributed by atoms with Crippen molar-refractivity contribution in [1.82, 2.24) is 5.32 Å². The van der Waals surface area contributed by atoms with Crippen LogP contribution in [0.4, 0.5) is 4.39 Å². The zero-order chi connectivity index (χ0) is 12.0. The summed E-state index contributed by atoms with van der Waals surface area (Å²) in [6.07, 6.45) is 2.31. The predicted octanol–water partition coefficient (Wildman–Crippen LogP) is 3.29. The number of rotatable bonds is 6. The fourth-order valence-corrected chi connectivity index (χ4v) is 1.57. The van der Waals surface area contributed by atoms with E-state index in [1.165, 1.54) is 13.2 Å². The maximum atomic E-state index is 13.4. The molecule has 1 aromatic rings. The second-order valence-corrected chi connectivity index (χ2v) is 3.92. The van der Waals surface area contributed by atoms with Gasteiger partial charge in [0.1, 0.15) is 0 Å². The summed E-state index contributed by atoms with van der Waals surface area (Å²) >= 11 is 0. The van der Waals surface area contributed by atoms with Gasteiger partial charge in [-0.3, -0.25) is 0 Å². The average Bonchev–Trinajstić information content (AvgIpc) is 2.29. The van der Waals surface area contributed by atoms with E-state index < -0.39 is 0 Å². The number of hydrogen-bond acceptors (Lipinski definition) is 2. The molecule has 16 heavy (non-hydrogen) atoms. The molecular weight excluding hydrogens is 205 g/mol.